The van der Waals surface area contributed by atoms with Crippen molar-refractivity contribution in [2.75, 3.05) is 0 Å². The second-order valence-electron chi connectivity index (χ2n) is 4.76. The van der Waals surface area contributed by atoms with Gasteiger partial charge < -0.3 is 5.73 Å². The molecule has 2 aromatic rings. The topological polar surface area (TPSA) is 80.4 Å². The van der Waals surface area contributed by atoms with Crippen molar-refractivity contribution < 1.29 is 13.0 Å². The summed E-state index contributed by atoms with van der Waals surface area (Å²) in [5, 5.41) is 0. The Bertz CT molecular complexity index is 707. The van der Waals surface area contributed by atoms with Crippen molar-refractivity contribution >= 4 is 16.2 Å². The van der Waals surface area contributed by atoms with Crippen LogP contribution in [0.4, 0.5) is 0 Å². The zero-order valence-electron chi connectivity index (χ0n) is 11.4. The minimum Gasteiger partial charge on any atom is -0.324 e. The maximum Gasteiger partial charge on any atom is 0.294 e. The molecule has 0 heterocycles. The van der Waals surface area contributed by atoms with Gasteiger partial charge in [-0.1, -0.05) is 54.6 Å². The van der Waals surface area contributed by atoms with Gasteiger partial charge in [-0.25, -0.2) is 0 Å². The van der Waals surface area contributed by atoms with E-state index in [4.69, 9.17) is 10.3 Å². The molecule has 0 aliphatic heterocycles. The van der Waals surface area contributed by atoms with Crippen LogP contribution in [0.1, 0.15) is 11.1 Å². The Morgan fingerprint density at radius 1 is 1.05 bits per heavy atom. The molecule has 0 unspecified atom stereocenters. The van der Waals surface area contributed by atoms with Crippen LogP contribution in [0.2, 0.25) is 0 Å². The number of nitrogens with two attached hydrogens (primary N) is 1. The van der Waals surface area contributed by atoms with Crippen molar-refractivity contribution in [2.45, 2.75) is 17.4 Å². The molecule has 0 aromatic heterocycles. The fraction of sp³-hybridized carbons (Fsp3) is 0.125. The predicted molar refractivity (Wildman–Crippen MR) is 83.4 cm³/mol. The number of rotatable bonds is 5. The SMILES string of the molecule is N[C@H](/C=C/c1ccc(S(=O)(=O)O)cc1)Cc1ccccc1. The zero-order chi connectivity index (χ0) is 15.3. The third-order valence-corrected chi connectivity index (χ3v) is 3.90. The Balaban J connectivity index is 2.01. The summed E-state index contributed by atoms with van der Waals surface area (Å²) in [6, 6.07) is 15.8. The van der Waals surface area contributed by atoms with Crippen molar-refractivity contribution in [3.05, 3.63) is 71.8 Å². The van der Waals surface area contributed by atoms with Gasteiger partial charge in [-0.05, 0) is 29.7 Å². The van der Waals surface area contributed by atoms with Crippen molar-refractivity contribution in [3.8, 4) is 0 Å². The smallest absolute Gasteiger partial charge is 0.294 e. The van der Waals surface area contributed by atoms with Gasteiger partial charge in [0.05, 0.1) is 4.90 Å². The van der Waals surface area contributed by atoms with E-state index >= 15 is 0 Å². The van der Waals surface area contributed by atoms with E-state index in [9.17, 15) is 8.42 Å². The Morgan fingerprint density at radius 2 is 1.67 bits per heavy atom. The Labute approximate surface area is 124 Å². The lowest BCUT2D eigenvalue weighted by molar-refractivity contribution is 0.483. The molecule has 0 radical (unpaired) electrons. The molecule has 0 fully saturated rings. The first kappa shape index (κ1) is 15.4. The molecule has 0 amide bonds. The van der Waals surface area contributed by atoms with E-state index < -0.39 is 10.1 Å². The highest BCUT2D eigenvalue weighted by atomic mass is 32.2. The van der Waals surface area contributed by atoms with E-state index in [1.54, 1.807) is 12.1 Å². The monoisotopic (exact) mass is 303 g/mol. The van der Waals surface area contributed by atoms with E-state index in [0.717, 1.165) is 17.5 Å². The minimum absolute atomic E-state index is 0.117. The van der Waals surface area contributed by atoms with Gasteiger partial charge in [-0.15, -0.1) is 0 Å². The summed E-state index contributed by atoms with van der Waals surface area (Å²) in [4.78, 5) is -0.117. The molecule has 4 nitrogen and oxygen atoms in total. The molecule has 110 valence electrons. The fourth-order valence-electron chi connectivity index (χ4n) is 1.94. The summed E-state index contributed by atoms with van der Waals surface area (Å²) in [7, 11) is -4.14. The van der Waals surface area contributed by atoms with Gasteiger partial charge in [0.25, 0.3) is 10.1 Å². The van der Waals surface area contributed by atoms with Gasteiger partial charge in [0.15, 0.2) is 0 Å². The first-order valence-corrected chi connectivity index (χ1v) is 7.94. The van der Waals surface area contributed by atoms with Crippen LogP contribution in [-0.4, -0.2) is 19.0 Å². The Morgan fingerprint density at radius 3 is 2.24 bits per heavy atom. The Kier molecular flexibility index (Phi) is 4.90. The highest BCUT2D eigenvalue weighted by molar-refractivity contribution is 7.85. The lowest BCUT2D eigenvalue weighted by Crippen LogP contribution is -2.19. The summed E-state index contributed by atoms with van der Waals surface area (Å²) in [5.41, 5.74) is 8.02. The van der Waals surface area contributed by atoms with Crippen LogP contribution in [0.25, 0.3) is 6.08 Å². The summed E-state index contributed by atoms with van der Waals surface area (Å²) in [6.45, 7) is 0. The summed E-state index contributed by atoms with van der Waals surface area (Å²) < 4.78 is 30.8. The first-order chi connectivity index (χ1) is 9.95. The normalized spacial score (nSPS) is 13.4. The van der Waals surface area contributed by atoms with Crippen LogP contribution in [0, 0.1) is 0 Å². The van der Waals surface area contributed by atoms with Gasteiger partial charge in [-0.3, -0.25) is 4.55 Å². The largest absolute Gasteiger partial charge is 0.324 e. The lowest BCUT2D eigenvalue weighted by atomic mass is 10.1. The molecule has 2 aromatic carbocycles. The third-order valence-electron chi connectivity index (χ3n) is 3.03. The van der Waals surface area contributed by atoms with E-state index in [0.29, 0.717) is 0 Å². The van der Waals surface area contributed by atoms with E-state index in [2.05, 4.69) is 0 Å². The molecule has 0 spiro atoms. The minimum atomic E-state index is -4.14. The van der Waals surface area contributed by atoms with Gasteiger partial charge in [0, 0.05) is 6.04 Å². The molecule has 0 aliphatic carbocycles. The van der Waals surface area contributed by atoms with Crippen molar-refractivity contribution in [1.29, 1.82) is 0 Å². The average Bonchev–Trinajstić information content (AvgIpc) is 2.46. The van der Waals surface area contributed by atoms with Gasteiger partial charge >= 0.3 is 0 Å². The predicted octanol–water partition coefficient (Wildman–Crippen LogP) is 2.52. The van der Waals surface area contributed by atoms with Crippen LogP contribution in [-0.2, 0) is 16.5 Å². The second-order valence-corrected chi connectivity index (χ2v) is 6.18. The molecule has 0 saturated carbocycles. The number of benzene rings is 2. The molecule has 21 heavy (non-hydrogen) atoms. The molecule has 5 heteroatoms. The van der Waals surface area contributed by atoms with Crippen LogP contribution >= 0.6 is 0 Å². The quantitative estimate of drug-likeness (QED) is 0.832. The molecule has 2 rings (SSSR count). The molecule has 3 N–H and O–H groups in total. The molecular weight excluding hydrogens is 286 g/mol. The molecular formula is C16H17NO3S. The van der Waals surface area contributed by atoms with Crippen LogP contribution < -0.4 is 5.73 Å². The zero-order valence-corrected chi connectivity index (χ0v) is 12.2. The number of hydrogen-bond donors (Lipinski definition) is 2. The van der Waals surface area contributed by atoms with Crippen LogP contribution in [0.15, 0.2) is 65.6 Å². The maximum atomic E-state index is 10.9. The van der Waals surface area contributed by atoms with E-state index in [1.165, 1.54) is 12.1 Å². The van der Waals surface area contributed by atoms with Gasteiger partial charge in [0.1, 0.15) is 0 Å². The molecule has 0 aliphatic rings. The van der Waals surface area contributed by atoms with Crippen LogP contribution in [0.3, 0.4) is 0 Å². The fourth-order valence-corrected chi connectivity index (χ4v) is 2.42. The summed E-state index contributed by atoms with van der Waals surface area (Å²) in [6.07, 6.45) is 4.44. The van der Waals surface area contributed by atoms with Crippen molar-refractivity contribution in [3.63, 3.8) is 0 Å². The van der Waals surface area contributed by atoms with Gasteiger partial charge in [-0.2, -0.15) is 8.42 Å². The molecule has 1 atom stereocenters. The summed E-state index contributed by atoms with van der Waals surface area (Å²) in [5.74, 6) is 0. The Hall–Kier alpha value is -1.95. The average molecular weight is 303 g/mol. The first-order valence-electron chi connectivity index (χ1n) is 6.50. The van der Waals surface area contributed by atoms with E-state index in [-0.39, 0.29) is 10.9 Å². The van der Waals surface area contributed by atoms with Crippen LogP contribution in [0.5, 0.6) is 0 Å². The highest BCUT2D eigenvalue weighted by Gasteiger charge is 2.07. The molecule has 0 saturated heterocycles. The van der Waals surface area contributed by atoms with Gasteiger partial charge in [0.2, 0.25) is 0 Å². The highest BCUT2D eigenvalue weighted by Crippen LogP contribution is 2.12. The lowest BCUT2D eigenvalue weighted by Gasteiger charge is -2.06. The second kappa shape index (κ2) is 6.67. The summed E-state index contributed by atoms with van der Waals surface area (Å²) >= 11 is 0. The third kappa shape index (κ3) is 4.82. The number of hydrogen-bond acceptors (Lipinski definition) is 3. The maximum absolute atomic E-state index is 10.9. The van der Waals surface area contributed by atoms with Crippen molar-refractivity contribution in [1.82, 2.24) is 0 Å². The van der Waals surface area contributed by atoms with E-state index in [1.807, 2.05) is 42.5 Å². The van der Waals surface area contributed by atoms with Crippen molar-refractivity contribution in [2.24, 2.45) is 5.73 Å². The standard InChI is InChI=1S/C16H17NO3S/c17-15(12-14-4-2-1-3-5-14)9-6-13-7-10-16(11-8-13)21(18,19)20/h1-11,15H,12,17H2,(H,18,19,20)/b9-6+/t15-/m1/s1. The molecule has 0 bridgehead atoms.